The Balaban J connectivity index is 1.59. The van der Waals surface area contributed by atoms with Gasteiger partial charge in [0.1, 0.15) is 18.2 Å². The number of halogens is 3. The molecule has 3 rings (SSSR count). The largest absolute Gasteiger partial charge is 0.492 e. The van der Waals surface area contributed by atoms with Crippen LogP contribution in [-0.4, -0.2) is 32.7 Å². The van der Waals surface area contributed by atoms with Crippen LogP contribution in [-0.2, 0) is 16.4 Å². The Hall–Kier alpha value is -1.28. The van der Waals surface area contributed by atoms with Gasteiger partial charge in [-0.3, -0.25) is 0 Å². The second-order valence-corrected chi connectivity index (χ2v) is 7.79. The van der Waals surface area contributed by atoms with Crippen molar-refractivity contribution in [3.8, 4) is 5.75 Å². The average Bonchev–Trinajstić information content (AvgIpc) is 2.34. The summed E-state index contributed by atoms with van der Waals surface area (Å²) < 4.78 is 70.6. The van der Waals surface area contributed by atoms with Crippen LogP contribution in [0.25, 0.3) is 0 Å². The number of fused-ring (bicyclic) bond motifs is 1. The fraction of sp³-hybridized carbons (Fsp3) is 0.571. The molecule has 1 aromatic rings. The highest BCUT2D eigenvalue weighted by atomic mass is 32.2. The lowest BCUT2D eigenvalue weighted by molar-refractivity contribution is -0.103. The number of rotatable bonds is 4. The smallest absolute Gasteiger partial charge is 0.248 e. The van der Waals surface area contributed by atoms with Crippen LogP contribution in [0, 0.1) is 11.7 Å². The van der Waals surface area contributed by atoms with Crippen molar-refractivity contribution in [3.63, 3.8) is 0 Å². The first-order chi connectivity index (χ1) is 10.2. The molecule has 0 amide bonds. The van der Waals surface area contributed by atoms with E-state index in [-0.39, 0.29) is 25.2 Å². The summed E-state index contributed by atoms with van der Waals surface area (Å²) in [7, 11) is -3.66. The molecule has 1 aromatic carbocycles. The Bertz CT molecular complexity index is 670. The van der Waals surface area contributed by atoms with Crippen molar-refractivity contribution in [3.05, 3.63) is 29.6 Å². The zero-order valence-corrected chi connectivity index (χ0v) is 12.5. The molecule has 1 unspecified atom stereocenters. The van der Waals surface area contributed by atoms with Crippen LogP contribution in [0.15, 0.2) is 18.2 Å². The van der Waals surface area contributed by atoms with Crippen LogP contribution >= 0.6 is 0 Å². The van der Waals surface area contributed by atoms with Gasteiger partial charge in [-0.1, -0.05) is 0 Å². The van der Waals surface area contributed by atoms with E-state index in [2.05, 4.69) is 4.72 Å². The molecule has 122 valence electrons. The van der Waals surface area contributed by atoms with E-state index >= 15 is 0 Å². The zero-order valence-electron chi connectivity index (χ0n) is 11.7. The molecule has 1 aliphatic heterocycles. The number of hydrogen-bond acceptors (Lipinski definition) is 3. The Labute approximate surface area is 126 Å². The number of ether oxygens (including phenoxy) is 1. The van der Waals surface area contributed by atoms with Gasteiger partial charge >= 0.3 is 0 Å². The summed E-state index contributed by atoms with van der Waals surface area (Å²) in [6.45, 7) is 0.138. The minimum Gasteiger partial charge on any atom is -0.492 e. The molecular formula is C14H16F3NO3S. The molecule has 1 aliphatic carbocycles. The molecule has 2 aliphatic rings. The van der Waals surface area contributed by atoms with Gasteiger partial charge in [0.2, 0.25) is 15.9 Å². The highest BCUT2D eigenvalue weighted by Crippen LogP contribution is 2.42. The van der Waals surface area contributed by atoms with Crippen LogP contribution in [0.5, 0.6) is 5.75 Å². The molecule has 0 aromatic heterocycles. The molecule has 22 heavy (non-hydrogen) atoms. The lowest BCUT2D eigenvalue weighted by Gasteiger charge is -2.35. The molecule has 0 spiro atoms. The van der Waals surface area contributed by atoms with Crippen LogP contribution in [0.1, 0.15) is 18.4 Å². The first kappa shape index (κ1) is 15.6. The zero-order chi connectivity index (χ0) is 16.0. The van der Waals surface area contributed by atoms with Crippen molar-refractivity contribution in [2.24, 2.45) is 5.92 Å². The van der Waals surface area contributed by atoms with Crippen molar-refractivity contribution in [2.75, 3.05) is 12.4 Å². The Kier molecular flexibility index (Phi) is 3.84. The number of sulfonamides is 1. The molecule has 4 nitrogen and oxygen atoms in total. The number of nitrogens with one attached hydrogen (secondary N) is 1. The van der Waals surface area contributed by atoms with E-state index in [4.69, 9.17) is 4.74 Å². The number of alkyl halides is 2. The maximum atomic E-state index is 13.2. The van der Waals surface area contributed by atoms with Crippen LogP contribution < -0.4 is 9.46 Å². The molecule has 1 heterocycles. The fourth-order valence-corrected chi connectivity index (χ4v) is 4.57. The van der Waals surface area contributed by atoms with Gasteiger partial charge < -0.3 is 4.74 Å². The van der Waals surface area contributed by atoms with Crippen LogP contribution in [0.2, 0.25) is 0 Å². The standard InChI is InChI=1S/C14H16F3NO3S/c15-11-1-2-13-10(3-11)4-12(7-21-13)18-22(19,20)8-9-5-14(16,17)6-9/h1-3,9,12,18H,4-8H2. The second-order valence-electron chi connectivity index (χ2n) is 5.99. The molecule has 0 saturated heterocycles. The third kappa shape index (κ3) is 3.55. The lowest BCUT2D eigenvalue weighted by atomic mass is 9.83. The third-order valence-electron chi connectivity index (χ3n) is 3.90. The fourth-order valence-electron chi connectivity index (χ4n) is 2.95. The summed E-state index contributed by atoms with van der Waals surface area (Å²) in [5.41, 5.74) is 0.592. The summed E-state index contributed by atoms with van der Waals surface area (Å²) in [5, 5.41) is 0. The van der Waals surface area contributed by atoms with Gasteiger partial charge in [0.05, 0.1) is 11.8 Å². The maximum absolute atomic E-state index is 13.2. The van der Waals surface area contributed by atoms with Crippen molar-refractivity contribution in [1.29, 1.82) is 0 Å². The Morgan fingerprint density at radius 3 is 2.73 bits per heavy atom. The van der Waals surface area contributed by atoms with Crippen molar-refractivity contribution in [2.45, 2.75) is 31.2 Å². The second kappa shape index (κ2) is 5.42. The summed E-state index contributed by atoms with van der Waals surface area (Å²) in [5.74, 6) is -3.43. The molecular weight excluding hydrogens is 319 g/mol. The summed E-state index contributed by atoms with van der Waals surface area (Å²) in [4.78, 5) is 0. The van der Waals surface area contributed by atoms with Gasteiger partial charge in [-0.25, -0.2) is 26.3 Å². The first-order valence-corrected chi connectivity index (χ1v) is 8.67. The molecule has 0 bridgehead atoms. The Morgan fingerprint density at radius 1 is 1.32 bits per heavy atom. The van der Waals surface area contributed by atoms with Crippen LogP contribution in [0.3, 0.4) is 0 Å². The van der Waals surface area contributed by atoms with E-state index in [0.717, 1.165) is 0 Å². The van der Waals surface area contributed by atoms with E-state index in [1.165, 1.54) is 18.2 Å². The maximum Gasteiger partial charge on any atom is 0.248 e. The summed E-state index contributed by atoms with van der Waals surface area (Å²) in [6.07, 6.45) is -0.459. The number of hydrogen-bond donors (Lipinski definition) is 1. The van der Waals surface area contributed by atoms with E-state index in [9.17, 15) is 21.6 Å². The number of benzene rings is 1. The van der Waals surface area contributed by atoms with Crippen molar-refractivity contribution < 1.29 is 26.3 Å². The van der Waals surface area contributed by atoms with Gasteiger partial charge in [-0.05, 0) is 36.1 Å². The van der Waals surface area contributed by atoms with E-state index in [1.807, 2.05) is 0 Å². The highest BCUT2D eigenvalue weighted by Gasteiger charge is 2.46. The minimum atomic E-state index is -3.66. The van der Waals surface area contributed by atoms with Gasteiger partial charge in [0.15, 0.2) is 0 Å². The van der Waals surface area contributed by atoms with Gasteiger partial charge in [-0.15, -0.1) is 0 Å². The van der Waals surface area contributed by atoms with Crippen LogP contribution in [0.4, 0.5) is 13.2 Å². The summed E-state index contributed by atoms with van der Waals surface area (Å²) in [6, 6.07) is 3.58. The van der Waals surface area contributed by atoms with Crippen molar-refractivity contribution >= 4 is 10.0 Å². The molecule has 1 atom stereocenters. The molecule has 1 saturated carbocycles. The average molecular weight is 335 g/mol. The molecule has 1 fully saturated rings. The highest BCUT2D eigenvalue weighted by molar-refractivity contribution is 7.89. The molecule has 1 N–H and O–H groups in total. The van der Waals surface area contributed by atoms with Gasteiger partial charge in [0, 0.05) is 12.8 Å². The quantitative estimate of drug-likeness (QED) is 0.917. The van der Waals surface area contributed by atoms with Gasteiger partial charge in [-0.2, -0.15) is 0 Å². The van der Waals surface area contributed by atoms with E-state index < -0.39 is 33.7 Å². The molecule has 8 heteroatoms. The minimum absolute atomic E-state index is 0.138. The van der Waals surface area contributed by atoms with E-state index in [0.29, 0.717) is 17.7 Å². The normalized spacial score (nSPS) is 24.2. The van der Waals surface area contributed by atoms with Gasteiger partial charge in [0.25, 0.3) is 0 Å². The summed E-state index contributed by atoms with van der Waals surface area (Å²) >= 11 is 0. The topological polar surface area (TPSA) is 55.4 Å². The van der Waals surface area contributed by atoms with Crippen molar-refractivity contribution in [1.82, 2.24) is 4.72 Å². The third-order valence-corrected chi connectivity index (χ3v) is 5.51. The predicted molar refractivity (Wildman–Crippen MR) is 74.0 cm³/mol. The monoisotopic (exact) mass is 335 g/mol. The first-order valence-electron chi connectivity index (χ1n) is 7.01. The Morgan fingerprint density at radius 2 is 2.05 bits per heavy atom. The van der Waals surface area contributed by atoms with E-state index in [1.54, 1.807) is 0 Å². The predicted octanol–water partition coefficient (Wildman–Crippen LogP) is 2.09. The molecule has 0 radical (unpaired) electrons. The lowest BCUT2D eigenvalue weighted by Crippen LogP contribution is -2.47. The SMILES string of the molecule is O=S(=O)(CC1CC(F)(F)C1)NC1COc2ccc(F)cc2C1.